The van der Waals surface area contributed by atoms with E-state index in [0.717, 1.165) is 10.5 Å². The number of thioether (sulfide) groups is 1. The zero-order valence-electron chi connectivity index (χ0n) is 11.4. The van der Waals surface area contributed by atoms with Crippen molar-refractivity contribution in [2.45, 2.75) is 44.2 Å². The van der Waals surface area contributed by atoms with Crippen LogP contribution in [0.25, 0.3) is 0 Å². The molecule has 3 nitrogen and oxygen atoms in total. The van der Waals surface area contributed by atoms with Crippen molar-refractivity contribution in [2.24, 2.45) is 0 Å². The van der Waals surface area contributed by atoms with E-state index in [1.807, 2.05) is 45.0 Å². The molecule has 0 saturated carbocycles. The van der Waals surface area contributed by atoms with Gasteiger partial charge in [0.1, 0.15) is 0 Å². The molecule has 0 aromatic heterocycles. The molecule has 0 aliphatic carbocycles. The maximum atomic E-state index is 11.6. The molecule has 0 radical (unpaired) electrons. The van der Waals surface area contributed by atoms with Crippen LogP contribution >= 0.6 is 11.8 Å². The molecule has 0 saturated heterocycles. The minimum Gasteiger partial charge on any atom is -0.389 e. The van der Waals surface area contributed by atoms with Gasteiger partial charge in [-0.05, 0) is 45.4 Å². The van der Waals surface area contributed by atoms with E-state index in [-0.39, 0.29) is 11.4 Å². The molecule has 1 rings (SSSR count). The van der Waals surface area contributed by atoms with Gasteiger partial charge in [-0.1, -0.05) is 12.1 Å². The first kappa shape index (κ1) is 15.1. The third-order valence-electron chi connectivity index (χ3n) is 2.25. The maximum Gasteiger partial charge on any atom is 0.230 e. The lowest BCUT2D eigenvalue weighted by Crippen LogP contribution is -2.41. The van der Waals surface area contributed by atoms with E-state index < -0.39 is 6.10 Å². The van der Waals surface area contributed by atoms with E-state index in [1.54, 1.807) is 6.92 Å². The van der Waals surface area contributed by atoms with Gasteiger partial charge in [-0.25, -0.2) is 0 Å². The molecule has 4 heteroatoms. The van der Waals surface area contributed by atoms with E-state index in [9.17, 15) is 9.90 Å². The van der Waals surface area contributed by atoms with Crippen LogP contribution in [0.5, 0.6) is 0 Å². The van der Waals surface area contributed by atoms with Crippen molar-refractivity contribution in [1.29, 1.82) is 0 Å². The normalized spacial score (nSPS) is 13.2. The Morgan fingerprint density at radius 1 is 1.33 bits per heavy atom. The summed E-state index contributed by atoms with van der Waals surface area (Å²) in [6, 6.07) is 7.62. The van der Waals surface area contributed by atoms with Crippen molar-refractivity contribution in [2.75, 3.05) is 5.75 Å². The third kappa shape index (κ3) is 5.56. The highest BCUT2D eigenvalue weighted by molar-refractivity contribution is 8.00. The van der Waals surface area contributed by atoms with Crippen molar-refractivity contribution in [3.05, 3.63) is 29.8 Å². The molecule has 0 heterocycles. The lowest BCUT2D eigenvalue weighted by molar-refractivity contribution is -0.119. The van der Waals surface area contributed by atoms with Crippen molar-refractivity contribution in [3.8, 4) is 0 Å². The minimum absolute atomic E-state index is 0.0344. The summed E-state index contributed by atoms with van der Waals surface area (Å²) in [4.78, 5) is 12.7. The van der Waals surface area contributed by atoms with Crippen LogP contribution in [0.15, 0.2) is 29.2 Å². The van der Waals surface area contributed by atoms with Crippen molar-refractivity contribution in [3.63, 3.8) is 0 Å². The second-order valence-electron chi connectivity index (χ2n) is 5.33. The largest absolute Gasteiger partial charge is 0.389 e. The van der Waals surface area contributed by atoms with E-state index in [0.29, 0.717) is 5.75 Å². The molecule has 0 aliphatic rings. The van der Waals surface area contributed by atoms with Crippen LogP contribution in [0.1, 0.15) is 39.4 Å². The summed E-state index contributed by atoms with van der Waals surface area (Å²) >= 11 is 1.50. The highest BCUT2D eigenvalue weighted by Gasteiger charge is 2.13. The average molecular weight is 267 g/mol. The van der Waals surface area contributed by atoms with Crippen molar-refractivity contribution < 1.29 is 9.90 Å². The Morgan fingerprint density at radius 3 is 2.33 bits per heavy atom. The summed E-state index contributed by atoms with van der Waals surface area (Å²) in [7, 11) is 0. The molecule has 0 bridgehead atoms. The van der Waals surface area contributed by atoms with Gasteiger partial charge in [-0.2, -0.15) is 0 Å². The monoisotopic (exact) mass is 267 g/mol. The molecule has 1 aromatic carbocycles. The van der Waals surface area contributed by atoms with Crippen LogP contribution in [-0.4, -0.2) is 22.3 Å². The molecule has 18 heavy (non-hydrogen) atoms. The molecule has 1 aromatic rings. The van der Waals surface area contributed by atoms with E-state index >= 15 is 0 Å². The second kappa shape index (κ2) is 6.25. The van der Waals surface area contributed by atoms with Gasteiger partial charge in [0.15, 0.2) is 0 Å². The van der Waals surface area contributed by atoms with E-state index in [2.05, 4.69) is 5.32 Å². The summed E-state index contributed by atoms with van der Waals surface area (Å²) in [6.45, 7) is 7.63. The molecule has 1 amide bonds. The van der Waals surface area contributed by atoms with Gasteiger partial charge in [0.05, 0.1) is 11.9 Å². The predicted octanol–water partition coefficient (Wildman–Crippen LogP) is 2.75. The lowest BCUT2D eigenvalue weighted by atomic mass is 10.1. The Morgan fingerprint density at radius 2 is 1.89 bits per heavy atom. The van der Waals surface area contributed by atoms with Crippen molar-refractivity contribution in [1.82, 2.24) is 5.32 Å². The first-order valence-corrected chi connectivity index (χ1v) is 6.98. The quantitative estimate of drug-likeness (QED) is 0.825. The summed E-state index contributed by atoms with van der Waals surface area (Å²) in [5.74, 6) is 0.442. The van der Waals surface area contributed by atoms with Crippen LogP contribution in [0.4, 0.5) is 0 Å². The Hall–Kier alpha value is -1.00. The number of aliphatic hydroxyl groups is 1. The maximum absolute atomic E-state index is 11.6. The van der Waals surface area contributed by atoms with E-state index in [4.69, 9.17) is 0 Å². The number of rotatable bonds is 4. The number of benzene rings is 1. The molecule has 100 valence electrons. The van der Waals surface area contributed by atoms with Crippen LogP contribution < -0.4 is 5.32 Å². The Balaban J connectivity index is 2.46. The fourth-order valence-electron chi connectivity index (χ4n) is 1.45. The number of nitrogens with one attached hydrogen (secondary N) is 1. The number of hydrogen-bond donors (Lipinski definition) is 2. The summed E-state index contributed by atoms with van der Waals surface area (Å²) in [5.41, 5.74) is 0.701. The standard InChI is InChI=1S/C14H21NO2S/c1-10(16)11-5-7-12(8-6-11)18-9-13(17)15-14(2,3)4/h5-8,10,16H,9H2,1-4H3,(H,15,17). The topological polar surface area (TPSA) is 49.3 Å². The fourth-order valence-corrected chi connectivity index (χ4v) is 2.14. The highest BCUT2D eigenvalue weighted by atomic mass is 32.2. The fraction of sp³-hybridized carbons (Fsp3) is 0.500. The first-order valence-electron chi connectivity index (χ1n) is 6.00. The number of carbonyl (C=O) groups is 1. The van der Waals surface area contributed by atoms with Gasteiger partial charge >= 0.3 is 0 Å². The summed E-state index contributed by atoms with van der Waals surface area (Å²) in [6.07, 6.45) is -0.451. The van der Waals surface area contributed by atoms with Gasteiger partial charge in [-0.3, -0.25) is 4.79 Å². The van der Waals surface area contributed by atoms with Gasteiger partial charge in [0, 0.05) is 10.4 Å². The summed E-state index contributed by atoms with van der Waals surface area (Å²) < 4.78 is 0. The molecule has 1 unspecified atom stereocenters. The van der Waals surface area contributed by atoms with Gasteiger partial charge < -0.3 is 10.4 Å². The van der Waals surface area contributed by atoms with Gasteiger partial charge in [0.25, 0.3) is 0 Å². The zero-order valence-corrected chi connectivity index (χ0v) is 12.2. The Bertz CT molecular complexity index is 393. The van der Waals surface area contributed by atoms with Crippen LogP contribution in [0, 0.1) is 0 Å². The predicted molar refractivity (Wildman–Crippen MR) is 75.7 cm³/mol. The van der Waals surface area contributed by atoms with Gasteiger partial charge in [0.2, 0.25) is 5.91 Å². The molecular weight excluding hydrogens is 246 g/mol. The number of hydrogen-bond acceptors (Lipinski definition) is 3. The molecular formula is C14H21NO2S. The molecule has 0 aliphatic heterocycles. The molecule has 0 spiro atoms. The number of carbonyl (C=O) groups excluding carboxylic acids is 1. The van der Waals surface area contributed by atoms with Gasteiger partial charge in [-0.15, -0.1) is 11.8 Å². The summed E-state index contributed by atoms with van der Waals surface area (Å²) in [5, 5.41) is 12.3. The number of amides is 1. The van der Waals surface area contributed by atoms with E-state index in [1.165, 1.54) is 11.8 Å². The zero-order chi connectivity index (χ0) is 13.8. The Labute approximate surface area is 113 Å². The van der Waals surface area contributed by atoms with Crippen molar-refractivity contribution >= 4 is 17.7 Å². The molecule has 1 atom stereocenters. The average Bonchev–Trinajstić information content (AvgIpc) is 2.24. The van der Waals surface area contributed by atoms with Crippen LogP contribution in [0.2, 0.25) is 0 Å². The van der Waals surface area contributed by atoms with Crippen LogP contribution in [0.3, 0.4) is 0 Å². The smallest absolute Gasteiger partial charge is 0.230 e. The highest BCUT2D eigenvalue weighted by Crippen LogP contribution is 2.20. The first-order chi connectivity index (χ1) is 8.28. The molecule has 0 fully saturated rings. The van der Waals surface area contributed by atoms with Crippen LogP contribution in [-0.2, 0) is 4.79 Å². The lowest BCUT2D eigenvalue weighted by Gasteiger charge is -2.20. The number of aliphatic hydroxyl groups excluding tert-OH is 1. The second-order valence-corrected chi connectivity index (χ2v) is 6.38. The third-order valence-corrected chi connectivity index (χ3v) is 3.26. The molecule has 2 N–H and O–H groups in total. The SMILES string of the molecule is CC(O)c1ccc(SCC(=O)NC(C)(C)C)cc1. The Kier molecular flexibility index (Phi) is 5.23. The minimum atomic E-state index is -0.451.